The van der Waals surface area contributed by atoms with E-state index in [2.05, 4.69) is 11.8 Å². The maximum atomic E-state index is 13.2. The van der Waals surface area contributed by atoms with Gasteiger partial charge >= 0.3 is 0 Å². The Hall–Kier alpha value is -2.89. The van der Waals surface area contributed by atoms with Crippen LogP contribution in [0.2, 0.25) is 0 Å². The van der Waals surface area contributed by atoms with Crippen LogP contribution in [0.1, 0.15) is 35.7 Å². The van der Waals surface area contributed by atoms with Gasteiger partial charge in [0.05, 0.1) is 16.2 Å². The van der Waals surface area contributed by atoms with E-state index in [-0.39, 0.29) is 11.6 Å². The minimum Gasteiger partial charge on any atom is -0.371 e. The van der Waals surface area contributed by atoms with Gasteiger partial charge in [-0.1, -0.05) is 24.6 Å². The van der Waals surface area contributed by atoms with Crippen molar-refractivity contribution in [1.29, 1.82) is 0 Å². The number of benzene rings is 2. The van der Waals surface area contributed by atoms with Crippen molar-refractivity contribution in [1.82, 2.24) is 0 Å². The minimum absolute atomic E-state index is 0.0650. The number of hydrogen-bond acceptors (Lipinski definition) is 4. The summed E-state index contributed by atoms with van der Waals surface area (Å²) in [6.45, 7) is 5.92. The number of nitro groups is 1. The Kier molecular flexibility index (Phi) is 5.44. The van der Waals surface area contributed by atoms with E-state index in [1.54, 1.807) is 18.0 Å². The monoisotopic (exact) mass is 367 g/mol. The van der Waals surface area contributed by atoms with Gasteiger partial charge < -0.3 is 9.80 Å². The average molecular weight is 367 g/mol. The van der Waals surface area contributed by atoms with Gasteiger partial charge in [-0.2, -0.15) is 0 Å². The Labute approximate surface area is 159 Å². The first-order valence-corrected chi connectivity index (χ1v) is 9.25. The number of hydrogen-bond donors (Lipinski definition) is 0. The normalized spacial score (nSPS) is 14.9. The van der Waals surface area contributed by atoms with Gasteiger partial charge in [-0.15, -0.1) is 0 Å². The van der Waals surface area contributed by atoms with Gasteiger partial charge in [0.25, 0.3) is 11.6 Å². The SMILES string of the molecule is Cc1ccc(N(C)C(=O)c2cc([N+](=O)[O-])ccc2N2CCC(C)CC2)cc1. The quantitative estimate of drug-likeness (QED) is 0.593. The summed E-state index contributed by atoms with van der Waals surface area (Å²) in [5.74, 6) is 0.421. The van der Waals surface area contributed by atoms with E-state index in [9.17, 15) is 14.9 Å². The number of anilines is 2. The second kappa shape index (κ2) is 7.78. The molecule has 0 aromatic heterocycles. The second-order valence-corrected chi connectivity index (χ2v) is 7.33. The molecule has 0 unspecified atom stereocenters. The number of nitro benzene ring substituents is 1. The van der Waals surface area contributed by atoms with Gasteiger partial charge in [0.2, 0.25) is 0 Å². The molecule has 0 saturated carbocycles. The number of amides is 1. The Bertz CT molecular complexity index is 840. The molecular weight excluding hydrogens is 342 g/mol. The van der Waals surface area contributed by atoms with Gasteiger partial charge in [0.15, 0.2) is 0 Å². The van der Waals surface area contributed by atoms with Crippen molar-refractivity contribution in [3.8, 4) is 0 Å². The van der Waals surface area contributed by atoms with Gasteiger partial charge in [-0.25, -0.2) is 0 Å². The van der Waals surface area contributed by atoms with Crippen molar-refractivity contribution in [3.63, 3.8) is 0 Å². The summed E-state index contributed by atoms with van der Waals surface area (Å²) < 4.78 is 0. The summed E-state index contributed by atoms with van der Waals surface area (Å²) in [5.41, 5.74) is 2.96. The molecule has 1 amide bonds. The molecule has 6 heteroatoms. The third-order valence-corrected chi connectivity index (χ3v) is 5.27. The highest BCUT2D eigenvalue weighted by molar-refractivity contribution is 6.09. The smallest absolute Gasteiger partial charge is 0.270 e. The van der Waals surface area contributed by atoms with E-state index in [0.29, 0.717) is 11.5 Å². The standard InChI is InChI=1S/C21H25N3O3/c1-15-4-6-17(7-5-15)22(3)21(25)19-14-18(24(26)27)8-9-20(19)23-12-10-16(2)11-13-23/h4-9,14,16H,10-13H2,1-3H3. The van der Waals surface area contributed by atoms with Crippen molar-refractivity contribution < 1.29 is 9.72 Å². The van der Waals surface area contributed by atoms with E-state index in [0.717, 1.165) is 42.9 Å². The maximum absolute atomic E-state index is 13.2. The highest BCUT2D eigenvalue weighted by Gasteiger charge is 2.25. The van der Waals surface area contributed by atoms with Gasteiger partial charge in [-0.05, 0) is 43.9 Å². The molecule has 0 radical (unpaired) electrons. The number of non-ortho nitro benzene ring substituents is 1. The van der Waals surface area contributed by atoms with Crippen molar-refractivity contribution in [2.45, 2.75) is 26.7 Å². The molecule has 1 aliphatic rings. The first-order chi connectivity index (χ1) is 12.9. The lowest BCUT2D eigenvalue weighted by Crippen LogP contribution is -2.35. The van der Waals surface area contributed by atoms with Crippen LogP contribution in [0, 0.1) is 23.0 Å². The molecule has 1 saturated heterocycles. The molecular formula is C21H25N3O3. The highest BCUT2D eigenvalue weighted by Crippen LogP contribution is 2.31. The molecule has 6 nitrogen and oxygen atoms in total. The van der Waals surface area contributed by atoms with Crippen LogP contribution in [0.25, 0.3) is 0 Å². The summed E-state index contributed by atoms with van der Waals surface area (Å²) in [6, 6.07) is 12.2. The number of carbonyl (C=O) groups excluding carboxylic acids is 1. The van der Waals surface area contributed by atoms with Crippen molar-refractivity contribution >= 4 is 23.0 Å². The Morgan fingerprint density at radius 1 is 1.15 bits per heavy atom. The topological polar surface area (TPSA) is 66.7 Å². The van der Waals surface area contributed by atoms with Crippen LogP contribution in [0.5, 0.6) is 0 Å². The number of carbonyl (C=O) groups is 1. The first kappa shape index (κ1) is 18.9. The van der Waals surface area contributed by atoms with Gasteiger partial charge in [0.1, 0.15) is 0 Å². The largest absolute Gasteiger partial charge is 0.371 e. The number of aryl methyl sites for hydroxylation is 1. The van der Waals surface area contributed by atoms with Crippen LogP contribution >= 0.6 is 0 Å². The third-order valence-electron chi connectivity index (χ3n) is 5.27. The fourth-order valence-corrected chi connectivity index (χ4v) is 3.40. The molecule has 0 N–H and O–H groups in total. The molecule has 0 spiro atoms. The lowest BCUT2D eigenvalue weighted by Gasteiger charge is -2.33. The number of piperidine rings is 1. The van der Waals surface area contributed by atoms with E-state index in [1.165, 1.54) is 12.1 Å². The van der Waals surface area contributed by atoms with Crippen LogP contribution < -0.4 is 9.80 Å². The molecule has 1 fully saturated rings. The van der Waals surface area contributed by atoms with E-state index >= 15 is 0 Å². The van der Waals surface area contributed by atoms with Crippen molar-refractivity contribution in [3.05, 3.63) is 63.7 Å². The highest BCUT2D eigenvalue weighted by atomic mass is 16.6. The number of rotatable bonds is 4. The summed E-state index contributed by atoms with van der Waals surface area (Å²) in [6.07, 6.45) is 2.11. The fraction of sp³-hybridized carbons (Fsp3) is 0.381. The zero-order chi connectivity index (χ0) is 19.6. The lowest BCUT2D eigenvalue weighted by atomic mass is 9.97. The van der Waals surface area contributed by atoms with Crippen LogP contribution in [-0.4, -0.2) is 31.0 Å². The zero-order valence-corrected chi connectivity index (χ0v) is 16.0. The fourth-order valence-electron chi connectivity index (χ4n) is 3.40. The summed E-state index contributed by atoms with van der Waals surface area (Å²) in [4.78, 5) is 27.7. The molecule has 1 aliphatic heterocycles. The zero-order valence-electron chi connectivity index (χ0n) is 16.0. The molecule has 0 aliphatic carbocycles. The van der Waals surface area contributed by atoms with Crippen molar-refractivity contribution in [2.75, 3.05) is 29.9 Å². The first-order valence-electron chi connectivity index (χ1n) is 9.25. The molecule has 0 atom stereocenters. The Morgan fingerprint density at radius 2 is 1.78 bits per heavy atom. The molecule has 1 heterocycles. The van der Waals surface area contributed by atoms with E-state index in [4.69, 9.17) is 0 Å². The third kappa shape index (κ3) is 4.10. The van der Waals surface area contributed by atoms with E-state index < -0.39 is 4.92 Å². The Balaban J connectivity index is 1.97. The Morgan fingerprint density at radius 3 is 2.37 bits per heavy atom. The van der Waals surface area contributed by atoms with Crippen molar-refractivity contribution in [2.24, 2.45) is 5.92 Å². The molecule has 142 valence electrons. The average Bonchev–Trinajstić information content (AvgIpc) is 2.67. The minimum atomic E-state index is -0.454. The van der Waals surface area contributed by atoms with Gasteiger partial charge in [0, 0.05) is 38.0 Å². The van der Waals surface area contributed by atoms with Crippen LogP contribution in [0.4, 0.5) is 17.1 Å². The van der Waals surface area contributed by atoms with Crippen LogP contribution in [0.15, 0.2) is 42.5 Å². The molecule has 3 rings (SSSR count). The molecule has 2 aromatic carbocycles. The lowest BCUT2D eigenvalue weighted by molar-refractivity contribution is -0.384. The van der Waals surface area contributed by atoms with Crippen LogP contribution in [-0.2, 0) is 0 Å². The molecule has 27 heavy (non-hydrogen) atoms. The summed E-state index contributed by atoms with van der Waals surface area (Å²) in [5, 5.41) is 11.3. The summed E-state index contributed by atoms with van der Waals surface area (Å²) >= 11 is 0. The summed E-state index contributed by atoms with van der Waals surface area (Å²) in [7, 11) is 1.70. The maximum Gasteiger partial charge on any atom is 0.270 e. The second-order valence-electron chi connectivity index (χ2n) is 7.33. The molecule has 2 aromatic rings. The van der Waals surface area contributed by atoms with Crippen LogP contribution in [0.3, 0.4) is 0 Å². The van der Waals surface area contributed by atoms with Gasteiger partial charge in [-0.3, -0.25) is 14.9 Å². The predicted octanol–water partition coefficient (Wildman–Crippen LogP) is 4.42. The molecule has 0 bridgehead atoms. The predicted molar refractivity (Wildman–Crippen MR) is 108 cm³/mol. The number of nitrogens with zero attached hydrogens (tertiary/aromatic N) is 3. The van der Waals surface area contributed by atoms with E-state index in [1.807, 2.05) is 31.2 Å².